The second-order valence-electron chi connectivity index (χ2n) is 7.01. The van der Waals surface area contributed by atoms with Crippen LogP contribution in [0.15, 0.2) is 76.3 Å². The number of carbonyl (C=O) groups excluding carboxylic acids is 3. The fourth-order valence-corrected chi connectivity index (χ4v) is 3.18. The Morgan fingerprint density at radius 2 is 1.69 bits per heavy atom. The van der Waals surface area contributed by atoms with Gasteiger partial charge in [-0.05, 0) is 73.7 Å². The lowest BCUT2D eigenvalue weighted by atomic mass is 10.2. The van der Waals surface area contributed by atoms with Gasteiger partial charge in [-0.15, -0.1) is 0 Å². The number of hydrogen-bond acceptors (Lipinski definition) is 6. The van der Waals surface area contributed by atoms with E-state index in [2.05, 4.69) is 31.8 Å². The maximum atomic E-state index is 12.9. The van der Waals surface area contributed by atoms with Gasteiger partial charge in [0, 0.05) is 15.6 Å². The van der Waals surface area contributed by atoms with Crippen molar-refractivity contribution >= 4 is 39.9 Å². The van der Waals surface area contributed by atoms with Gasteiger partial charge in [-0.2, -0.15) is 5.10 Å². The number of nitrogens with zero attached hydrogens (tertiary/aromatic N) is 1. The third-order valence-corrected chi connectivity index (χ3v) is 4.98. The molecule has 0 saturated heterocycles. The summed E-state index contributed by atoms with van der Waals surface area (Å²) in [5, 5.41) is 6.27. The Balaban J connectivity index is 1.58. The number of hydrogen-bond donors (Lipinski definition) is 2. The van der Waals surface area contributed by atoms with Gasteiger partial charge in [-0.1, -0.05) is 15.9 Å². The predicted molar refractivity (Wildman–Crippen MR) is 131 cm³/mol. The Kier molecular flexibility index (Phi) is 9.08. The SMILES string of the molecule is CCOc1ccc(C(=O)Oc2ccc(Br)cc2/C=N/NC(=O)CNC(=O)c2ccc(F)cc2)cc1. The Hall–Kier alpha value is -4.05. The first-order chi connectivity index (χ1) is 16.9. The third-order valence-electron chi connectivity index (χ3n) is 4.48. The lowest BCUT2D eigenvalue weighted by Gasteiger charge is -2.09. The van der Waals surface area contributed by atoms with Crippen LogP contribution in [-0.4, -0.2) is 37.1 Å². The van der Waals surface area contributed by atoms with Crippen molar-refractivity contribution in [2.75, 3.05) is 13.2 Å². The molecule has 10 heteroatoms. The second-order valence-corrected chi connectivity index (χ2v) is 7.93. The van der Waals surface area contributed by atoms with Crippen LogP contribution in [0.25, 0.3) is 0 Å². The summed E-state index contributed by atoms with van der Waals surface area (Å²) in [6.45, 7) is 2.04. The molecule has 0 aliphatic heterocycles. The Labute approximate surface area is 209 Å². The lowest BCUT2D eigenvalue weighted by molar-refractivity contribution is -0.120. The average molecular weight is 542 g/mol. The van der Waals surface area contributed by atoms with Crippen LogP contribution in [-0.2, 0) is 4.79 Å². The van der Waals surface area contributed by atoms with E-state index in [9.17, 15) is 18.8 Å². The van der Waals surface area contributed by atoms with Crippen molar-refractivity contribution in [2.45, 2.75) is 6.92 Å². The zero-order valence-electron chi connectivity index (χ0n) is 18.6. The number of nitrogens with one attached hydrogen (secondary N) is 2. The molecule has 0 unspecified atom stereocenters. The van der Waals surface area contributed by atoms with Crippen molar-refractivity contribution in [3.8, 4) is 11.5 Å². The molecular weight excluding hydrogens is 521 g/mol. The van der Waals surface area contributed by atoms with Crippen LogP contribution < -0.4 is 20.2 Å². The molecule has 2 N–H and O–H groups in total. The largest absolute Gasteiger partial charge is 0.494 e. The van der Waals surface area contributed by atoms with Crippen molar-refractivity contribution in [1.29, 1.82) is 0 Å². The van der Waals surface area contributed by atoms with Gasteiger partial charge in [0.2, 0.25) is 0 Å². The molecular formula is C25H21BrFN3O5. The highest BCUT2D eigenvalue weighted by Crippen LogP contribution is 2.23. The summed E-state index contributed by atoms with van der Waals surface area (Å²) in [5.41, 5.74) is 3.26. The highest BCUT2D eigenvalue weighted by molar-refractivity contribution is 9.10. The van der Waals surface area contributed by atoms with Gasteiger partial charge < -0.3 is 14.8 Å². The van der Waals surface area contributed by atoms with Gasteiger partial charge in [-0.3, -0.25) is 9.59 Å². The third kappa shape index (κ3) is 7.75. The molecule has 180 valence electrons. The van der Waals surface area contributed by atoms with E-state index < -0.39 is 23.6 Å². The summed E-state index contributed by atoms with van der Waals surface area (Å²) in [4.78, 5) is 36.5. The minimum Gasteiger partial charge on any atom is -0.494 e. The summed E-state index contributed by atoms with van der Waals surface area (Å²) in [7, 11) is 0. The highest BCUT2D eigenvalue weighted by Gasteiger charge is 2.12. The normalized spacial score (nSPS) is 10.6. The van der Waals surface area contributed by atoms with Crippen LogP contribution in [0.4, 0.5) is 4.39 Å². The minimum atomic E-state index is -0.584. The molecule has 0 bridgehead atoms. The molecule has 3 rings (SSSR count). The predicted octanol–water partition coefficient (Wildman–Crippen LogP) is 4.09. The molecule has 0 atom stereocenters. The summed E-state index contributed by atoms with van der Waals surface area (Å²) < 4.78 is 24.5. The van der Waals surface area contributed by atoms with E-state index in [0.29, 0.717) is 28.0 Å². The maximum Gasteiger partial charge on any atom is 0.343 e. The lowest BCUT2D eigenvalue weighted by Crippen LogP contribution is -2.34. The van der Waals surface area contributed by atoms with Crippen molar-refractivity contribution in [2.24, 2.45) is 5.10 Å². The van der Waals surface area contributed by atoms with Crippen LogP contribution in [0.3, 0.4) is 0 Å². The number of amides is 2. The van der Waals surface area contributed by atoms with E-state index in [1.807, 2.05) is 6.92 Å². The second kappa shape index (κ2) is 12.4. The number of carbonyl (C=O) groups is 3. The summed E-state index contributed by atoms with van der Waals surface area (Å²) in [6.07, 6.45) is 1.31. The molecule has 0 spiro atoms. The monoisotopic (exact) mass is 541 g/mol. The molecule has 0 saturated carbocycles. The molecule has 2 amide bonds. The molecule has 8 nitrogen and oxygen atoms in total. The van der Waals surface area contributed by atoms with E-state index in [1.54, 1.807) is 42.5 Å². The summed E-state index contributed by atoms with van der Waals surface area (Å²) in [6, 6.07) is 16.4. The number of ether oxygens (including phenoxy) is 2. The number of halogens is 2. The van der Waals surface area contributed by atoms with E-state index in [1.165, 1.54) is 18.3 Å². The average Bonchev–Trinajstić information content (AvgIpc) is 2.85. The summed E-state index contributed by atoms with van der Waals surface area (Å²) >= 11 is 3.34. The molecule has 0 aromatic heterocycles. The topological polar surface area (TPSA) is 106 Å². The first kappa shape index (κ1) is 25.6. The molecule has 0 fully saturated rings. The number of hydrazone groups is 1. The quantitative estimate of drug-likeness (QED) is 0.184. The number of rotatable bonds is 9. The van der Waals surface area contributed by atoms with E-state index in [0.717, 1.165) is 12.1 Å². The Morgan fingerprint density at radius 1 is 1.00 bits per heavy atom. The minimum absolute atomic E-state index is 0.218. The van der Waals surface area contributed by atoms with Crippen molar-refractivity contribution < 1.29 is 28.2 Å². The zero-order valence-corrected chi connectivity index (χ0v) is 20.2. The maximum absolute atomic E-state index is 12.9. The molecule has 35 heavy (non-hydrogen) atoms. The molecule has 0 heterocycles. The van der Waals surface area contributed by atoms with Gasteiger partial charge in [0.1, 0.15) is 17.3 Å². The number of esters is 1. The highest BCUT2D eigenvalue weighted by atomic mass is 79.9. The van der Waals surface area contributed by atoms with E-state index in [-0.39, 0.29) is 17.9 Å². The zero-order chi connectivity index (χ0) is 25.2. The van der Waals surface area contributed by atoms with Gasteiger partial charge >= 0.3 is 5.97 Å². The first-order valence-corrected chi connectivity index (χ1v) is 11.2. The smallest absolute Gasteiger partial charge is 0.343 e. The fourth-order valence-electron chi connectivity index (χ4n) is 2.80. The van der Waals surface area contributed by atoms with Crippen molar-refractivity contribution in [3.63, 3.8) is 0 Å². The van der Waals surface area contributed by atoms with Crippen LogP contribution in [0, 0.1) is 5.82 Å². The molecule has 3 aromatic carbocycles. The standard InChI is InChI=1S/C25H21BrFN3O5/c1-2-34-21-10-5-17(6-11-21)25(33)35-22-12-7-19(26)13-18(22)14-29-30-23(31)15-28-24(32)16-3-8-20(27)9-4-16/h3-14H,2,15H2,1H3,(H,28,32)(H,30,31)/b29-14+. The van der Waals surface area contributed by atoms with Gasteiger partial charge in [-0.25, -0.2) is 14.6 Å². The summed E-state index contributed by atoms with van der Waals surface area (Å²) in [5.74, 6) is -1.28. The van der Waals surface area contributed by atoms with Crippen LogP contribution >= 0.6 is 15.9 Å². The van der Waals surface area contributed by atoms with Crippen LogP contribution in [0.2, 0.25) is 0 Å². The van der Waals surface area contributed by atoms with Crippen LogP contribution in [0.5, 0.6) is 11.5 Å². The van der Waals surface area contributed by atoms with Gasteiger partial charge in [0.05, 0.1) is 24.9 Å². The molecule has 0 radical (unpaired) electrons. The van der Waals surface area contributed by atoms with Crippen molar-refractivity contribution in [1.82, 2.24) is 10.7 Å². The molecule has 0 aliphatic rings. The van der Waals surface area contributed by atoms with E-state index in [4.69, 9.17) is 9.47 Å². The Bertz CT molecular complexity index is 1230. The molecule has 3 aromatic rings. The molecule has 0 aliphatic carbocycles. The van der Waals surface area contributed by atoms with Gasteiger partial charge in [0.25, 0.3) is 11.8 Å². The van der Waals surface area contributed by atoms with Gasteiger partial charge in [0.15, 0.2) is 0 Å². The van der Waals surface area contributed by atoms with E-state index >= 15 is 0 Å². The first-order valence-electron chi connectivity index (χ1n) is 10.5. The van der Waals surface area contributed by atoms with Crippen molar-refractivity contribution in [3.05, 3.63) is 93.7 Å². The fraction of sp³-hybridized carbons (Fsp3) is 0.120. The van der Waals surface area contributed by atoms with Crippen LogP contribution in [0.1, 0.15) is 33.2 Å². The Morgan fingerprint density at radius 3 is 2.37 bits per heavy atom. The number of benzene rings is 3.